The summed E-state index contributed by atoms with van der Waals surface area (Å²) in [6, 6.07) is 0. The number of allylic oxidation sites excluding steroid dienone is 2. The van der Waals surface area contributed by atoms with Crippen LogP contribution in [0.15, 0.2) is 12.2 Å². The number of esters is 2. The van der Waals surface area contributed by atoms with Crippen LogP contribution in [0.1, 0.15) is 54.4 Å². The highest BCUT2D eigenvalue weighted by atomic mass is 16.5. The molecule has 4 heteroatoms. The molecule has 0 spiro atoms. The first kappa shape index (κ1) is 20.0. The molecule has 2 rings (SSSR count). The fourth-order valence-corrected chi connectivity index (χ4v) is 5.49. The second-order valence-electron chi connectivity index (χ2n) is 8.13. The molecule has 25 heavy (non-hydrogen) atoms. The van der Waals surface area contributed by atoms with E-state index in [2.05, 4.69) is 39.8 Å². The molecule has 0 heterocycles. The van der Waals surface area contributed by atoms with E-state index >= 15 is 0 Å². The van der Waals surface area contributed by atoms with E-state index in [-0.39, 0.29) is 29.2 Å². The lowest BCUT2D eigenvalue weighted by atomic mass is 9.60. The molecule has 0 aliphatic heterocycles. The smallest absolute Gasteiger partial charge is 0.310 e. The van der Waals surface area contributed by atoms with E-state index in [9.17, 15) is 9.59 Å². The van der Waals surface area contributed by atoms with Crippen molar-refractivity contribution in [3.05, 3.63) is 12.2 Å². The number of carbonyl (C=O) groups excluding carboxylic acids is 2. The second-order valence-corrected chi connectivity index (χ2v) is 8.13. The molecule has 0 aromatic heterocycles. The van der Waals surface area contributed by atoms with Crippen molar-refractivity contribution >= 4 is 11.9 Å². The number of rotatable bonds is 8. The van der Waals surface area contributed by atoms with Gasteiger partial charge in [-0.25, -0.2) is 0 Å². The Morgan fingerprint density at radius 2 is 1.20 bits per heavy atom. The van der Waals surface area contributed by atoms with Crippen molar-refractivity contribution in [2.45, 2.75) is 54.4 Å². The zero-order valence-corrected chi connectivity index (χ0v) is 16.6. The van der Waals surface area contributed by atoms with Crippen LogP contribution in [0.3, 0.4) is 0 Å². The van der Waals surface area contributed by atoms with Crippen molar-refractivity contribution in [3.63, 3.8) is 0 Å². The predicted octanol–water partition coefficient (Wildman–Crippen LogP) is 4.24. The monoisotopic (exact) mass is 350 g/mol. The van der Waals surface area contributed by atoms with E-state index in [1.807, 2.05) is 13.8 Å². The topological polar surface area (TPSA) is 52.6 Å². The molecule has 2 aliphatic rings. The molecule has 0 saturated heterocycles. The highest BCUT2D eigenvalue weighted by Gasteiger charge is 2.67. The first-order chi connectivity index (χ1) is 11.8. The molecule has 2 aliphatic carbocycles. The summed E-state index contributed by atoms with van der Waals surface area (Å²) >= 11 is 0. The highest BCUT2D eigenvalue weighted by Crippen LogP contribution is 2.66. The van der Waals surface area contributed by atoms with Crippen LogP contribution in [0, 0.1) is 40.9 Å². The molecule has 0 radical (unpaired) electrons. The summed E-state index contributed by atoms with van der Waals surface area (Å²) in [5.41, 5.74) is -0.0915. The van der Waals surface area contributed by atoms with Gasteiger partial charge in [0.2, 0.25) is 0 Å². The van der Waals surface area contributed by atoms with Gasteiger partial charge in [0.1, 0.15) is 0 Å². The Bertz CT molecular complexity index is 474. The maximum Gasteiger partial charge on any atom is 0.310 e. The van der Waals surface area contributed by atoms with E-state index in [0.717, 1.165) is 12.8 Å². The number of carbonyl (C=O) groups is 2. The van der Waals surface area contributed by atoms with Gasteiger partial charge in [0.15, 0.2) is 0 Å². The lowest BCUT2D eigenvalue weighted by Gasteiger charge is -2.43. The number of ether oxygens (including phenoxy) is 2. The molecule has 0 aromatic carbocycles. The van der Waals surface area contributed by atoms with Gasteiger partial charge in [0, 0.05) is 0 Å². The van der Waals surface area contributed by atoms with Crippen LogP contribution in [0.2, 0.25) is 0 Å². The molecule has 4 atom stereocenters. The number of hydrogen-bond donors (Lipinski definition) is 0. The summed E-state index contributed by atoms with van der Waals surface area (Å²) < 4.78 is 11.0. The average Bonchev–Trinajstić information content (AvgIpc) is 3.09. The fraction of sp³-hybridized carbons (Fsp3) is 0.810. The van der Waals surface area contributed by atoms with Crippen LogP contribution in [-0.4, -0.2) is 25.2 Å². The summed E-state index contributed by atoms with van der Waals surface area (Å²) in [6.45, 7) is 13.6. The summed E-state index contributed by atoms with van der Waals surface area (Å²) in [5.74, 6) is -0.495. The minimum Gasteiger partial charge on any atom is -0.465 e. The molecule has 142 valence electrons. The molecular formula is C21H34O4. The van der Waals surface area contributed by atoms with E-state index in [1.54, 1.807) is 0 Å². The Hall–Kier alpha value is -1.32. The summed E-state index contributed by atoms with van der Waals surface area (Å²) in [5, 5.41) is 0. The first-order valence-corrected chi connectivity index (χ1v) is 9.85. The van der Waals surface area contributed by atoms with Crippen LogP contribution in [0.5, 0.6) is 0 Å². The van der Waals surface area contributed by atoms with Gasteiger partial charge in [-0.15, -0.1) is 0 Å². The SMILES string of the molecule is CCCOC(=O)C1C(C(=O)OCCC)C2C=CC1C2(C(C)C)C(C)C. The molecule has 1 saturated carbocycles. The van der Waals surface area contributed by atoms with Gasteiger partial charge in [-0.1, -0.05) is 53.7 Å². The normalized spacial score (nSPS) is 29.4. The van der Waals surface area contributed by atoms with Crippen molar-refractivity contribution in [2.75, 3.05) is 13.2 Å². The molecular weight excluding hydrogens is 316 g/mol. The van der Waals surface area contributed by atoms with E-state index < -0.39 is 11.8 Å². The fourth-order valence-electron chi connectivity index (χ4n) is 5.49. The molecule has 4 unspecified atom stereocenters. The maximum absolute atomic E-state index is 12.9. The van der Waals surface area contributed by atoms with Crippen molar-refractivity contribution in [2.24, 2.45) is 40.9 Å². The predicted molar refractivity (Wildman–Crippen MR) is 97.7 cm³/mol. The number of hydrogen-bond acceptors (Lipinski definition) is 4. The molecule has 4 nitrogen and oxygen atoms in total. The van der Waals surface area contributed by atoms with Gasteiger partial charge in [-0.2, -0.15) is 0 Å². The highest BCUT2D eigenvalue weighted by molar-refractivity contribution is 5.85. The van der Waals surface area contributed by atoms with E-state index in [1.165, 1.54) is 0 Å². The van der Waals surface area contributed by atoms with Crippen LogP contribution in [-0.2, 0) is 19.1 Å². The third-order valence-corrected chi connectivity index (χ3v) is 6.28. The van der Waals surface area contributed by atoms with Gasteiger partial charge in [0.25, 0.3) is 0 Å². The Kier molecular flexibility index (Phi) is 6.34. The van der Waals surface area contributed by atoms with Gasteiger partial charge in [0.05, 0.1) is 25.0 Å². The molecule has 0 aromatic rings. The van der Waals surface area contributed by atoms with Crippen LogP contribution < -0.4 is 0 Å². The number of fused-ring (bicyclic) bond motifs is 2. The third-order valence-electron chi connectivity index (χ3n) is 6.28. The van der Waals surface area contributed by atoms with Crippen molar-refractivity contribution < 1.29 is 19.1 Å². The zero-order valence-electron chi connectivity index (χ0n) is 16.6. The summed E-state index contributed by atoms with van der Waals surface area (Å²) in [7, 11) is 0. The lowest BCUT2D eigenvalue weighted by Crippen LogP contribution is -2.40. The van der Waals surface area contributed by atoms with Gasteiger partial charge in [-0.3, -0.25) is 9.59 Å². The van der Waals surface area contributed by atoms with Gasteiger partial charge >= 0.3 is 11.9 Å². The summed E-state index contributed by atoms with van der Waals surface area (Å²) in [4.78, 5) is 25.7. The van der Waals surface area contributed by atoms with Crippen molar-refractivity contribution in [1.82, 2.24) is 0 Å². The van der Waals surface area contributed by atoms with Gasteiger partial charge < -0.3 is 9.47 Å². The minimum atomic E-state index is -0.421. The largest absolute Gasteiger partial charge is 0.465 e. The third kappa shape index (κ3) is 3.13. The van der Waals surface area contributed by atoms with E-state index in [0.29, 0.717) is 25.0 Å². The summed E-state index contributed by atoms with van der Waals surface area (Å²) in [6.07, 6.45) is 5.89. The minimum absolute atomic E-state index is 0.0426. The molecule has 1 fully saturated rings. The average molecular weight is 350 g/mol. The van der Waals surface area contributed by atoms with E-state index in [4.69, 9.17) is 9.47 Å². The second kappa shape index (κ2) is 7.92. The maximum atomic E-state index is 12.9. The van der Waals surface area contributed by atoms with Crippen LogP contribution >= 0.6 is 0 Å². The molecule has 0 N–H and O–H groups in total. The Labute approximate surface area is 152 Å². The van der Waals surface area contributed by atoms with Crippen molar-refractivity contribution in [3.8, 4) is 0 Å². The molecule has 2 bridgehead atoms. The standard InChI is InChI=1S/C21H34O4/c1-7-11-24-19(22)17-15-9-10-16(18(17)20(23)25-12-8-2)21(15,13(3)4)14(5)6/h9-10,13-18H,7-8,11-12H2,1-6H3. The van der Waals surface area contributed by atoms with Crippen LogP contribution in [0.4, 0.5) is 0 Å². The van der Waals surface area contributed by atoms with Crippen molar-refractivity contribution in [1.29, 1.82) is 0 Å². The Morgan fingerprint density at radius 1 is 0.840 bits per heavy atom. The van der Waals surface area contributed by atoms with Gasteiger partial charge in [-0.05, 0) is 41.9 Å². The quantitative estimate of drug-likeness (QED) is 0.485. The Balaban J connectivity index is 2.42. The molecule has 0 amide bonds. The lowest BCUT2D eigenvalue weighted by molar-refractivity contribution is -0.161. The Morgan fingerprint density at radius 3 is 1.48 bits per heavy atom. The zero-order chi connectivity index (χ0) is 18.8. The first-order valence-electron chi connectivity index (χ1n) is 9.85. The van der Waals surface area contributed by atoms with Crippen LogP contribution in [0.25, 0.3) is 0 Å².